The third-order valence-electron chi connectivity index (χ3n) is 2.52. The molecule has 0 atom stereocenters. The zero-order chi connectivity index (χ0) is 14.7. The first-order valence-electron chi connectivity index (χ1n) is 5.81. The average molecular weight is 293 g/mol. The van der Waals surface area contributed by atoms with Crippen molar-refractivity contribution in [1.29, 1.82) is 0 Å². The maximum absolute atomic E-state index is 11.0. The smallest absolute Gasteiger partial charge is 0.337 e. The van der Waals surface area contributed by atoms with Crippen molar-refractivity contribution < 1.29 is 14.3 Å². The highest BCUT2D eigenvalue weighted by Crippen LogP contribution is 2.26. The van der Waals surface area contributed by atoms with E-state index in [0.717, 1.165) is 0 Å². The van der Waals surface area contributed by atoms with Crippen LogP contribution in [0.15, 0.2) is 39.9 Å². The summed E-state index contributed by atoms with van der Waals surface area (Å²) >= 11 is 5.83. The van der Waals surface area contributed by atoms with E-state index in [2.05, 4.69) is 5.10 Å². The Morgan fingerprint density at radius 1 is 1.35 bits per heavy atom. The maximum Gasteiger partial charge on any atom is 0.337 e. The lowest BCUT2D eigenvalue weighted by molar-refractivity contribution is 0.0697. The molecule has 0 radical (unpaired) electrons. The van der Waals surface area contributed by atoms with Crippen molar-refractivity contribution in [2.75, 3.05) is 14.1 Å². The number of rotatable bonds is 4. The molecule has 1 aromatic heterocycles. The highest BCUT2D eigenvalue weighted by Gasteiger charge is 2.12. The number of carboxylic acid groups (broad SMARTS) is 1. The first-order chi connectivity index (χ1) is 9.47. The lowest BCUT2D eigenvalue weighted by Crippen LogP contribution is -2.01. The third-order valence-corrected chi connectivity index (χ3v) is 2.85. The number of hydrogen-bond donors (Lipinski definition) is 1. The van der Waals surface area contributed by atoms with E-state index in [1.54, 1.807) is 43.5 Å². The van der Waals surface area contributed by atoms with Crippen molar-refractivity contribution in [3.05, 3.63) is 46.7 Å². The van der Waals surface area contributed by atoms with Crippen molar-refractivity contribution in [3.8, 4) is 11.3 Å². The topological polar surface area (TPSA) is 66.0 Å². The number of hydrazone groups is 1. The van der Waals surface area contributed by atoms with Gasteiger partial charge >= 0.3 is 5.97 Å². The number of carbonyl (C=O) groups is 1. The van der Waals surface area contributed by atoms with Crippen LogP contribution in [-0.2, 0) is 0 Å². The minimum atomic E-state index is -1.07. The predicted octanol–water partition coefficient (Wildman–Crippen LogP) is 3.19. The van der Waals surface area contributed by atoms with Gasteiger partial charge in [0.1, 0.15) is 11.5 Å². The summed E-state index contributed by atoms with van der Waals surface area (Å²) in [5.41, 5.74) is 0.695. The second-order valence-corrected chi connectivity index (χ2v) is 4.70. The van der Waals surface area contributed by atoms with Crippen molar-refractivity contribution in [2.24, 2.45) is 5.10 Å². The van der Waals surface area contributed by atoms with E-state index in [-0.39, 0.29) is 10.6 Å². The van der Waals surface area contributed by atoms with Gasteiger partial charge in [-0.2, -0.15) is 5.10 Å². The Morgan fingerprint density at radius 2 is 2.10 bits per heavy atom. The molecule has 1 N–H and O–H groups in total. The van der Waals surface area contributed by atoms with Gasteiger partial charge in [-0.15, -0.1) is 0 Å². The zero-order valence-electron chi connectivity index (χ0n) is 11.0. The molecule has 1 heterocycles. The van der Waals surface area contributed by atoms with E-state index < -0.39 is 5.97 Å². The van der Waals surface area contributed by atoms with Crippen LogP contribution in [0.4, 0.5) is 0 Å². The monoisotopic (exact) mass is 292 g/mol. The lowest BCUT2D eigenvalue weighted by atomic mass is 10.1. The molecule has 0 unspecified atom stereocenters. The highest BCUT2D eigenvalue weighted by molar-refractivity contribution is 6.33. The molecule has 0 aliphatic heterocycles. The van der Waals surface area contributed by atoms with Crippen LogP contribution in [0.1, 0.15) is 16.1 Å². The number of hydrogen-bond acceptors (Lipinski definition) is 4. The summed E-state index contributed by atoms with van der Waals surface area (Å²) in [5, 5.41) is 14.9. The van der Waals surface area contributed by atoms with Gasteiger partial charge in [-0.1, -0.05) is 11.6 Å². The van der Waals surface area contributed by atoms with E-state index in [1.807, 2.05) is 0 Å². The summed E-state index contributed by atoms with van der Waals surface area (Å²) in [6.45, 7) is 0. The van der Waals surface area contributed by atoms with Gasteiger partial charge in [-0.3, -0.25) is 0 Å². The molecule has 0 saturated heterocycles. The van der Waals surface area contributed by atoms with Crippen LogP contribution in [0, 0.1) is 0 Å². The first-order valence-corrected chi connectivity index (χ1v) is 6.19. The minimum absolute atomic E-state index is 0.0454. The summed E-state index contributed by atoms with van der Waals surface area (Å²) in [4.78, 5) is 11.0. The van der Waals surface area contributed by atoms with Crippen molar-refractivity contribution in [3.63, 3.8) is 0 Å². The van der Waals surface area contributed by atoms with Gasteiger partial charge in [0.05, 0.1) is 16.8 Å². The minimum Gasteiger partial charge on any atom is -0.478 e. The van der Waals surface area contributed by atoms with Gasteiger partial charge in [0.15, 0.2) is 0 Å². The molecule has 104 valence electrons. The fourth-order valence-electron chi connectivity index (χ4n) is 1.59. The van der Waals surface area contributed by atoms with Crippen molar-refractivity contribution in [2.45, 2.75) is 0 Å². The Morgan fingerprint density at radius 3 is 2.75 bits per heavy atom. The molecule has 0 fully saturated rings. The molecule has 0 aliphatic carbocycles. The fourth-order valence-corrected chi connectivity index (χ4v) is 1.79. The zero-order valence-corrected chi connectivity index (χ0v) is 11.8. The number of halogens is 1. The summed E-state index contributed by atoms with van der Waals surface area (Å²) < 4.78 is 5.58. The molecule has 1 aromatic carbocycles. The van der Waals surface area contributed by atoms with Gasteiger partial charge in [0.25, 0.3) is 0 Å². The number of carboxylic acids is 1. The maximum atomic E-state index is 11.0. The molecule has 2 rings (SSSR count). The average Bonchev–Trinajstić information content (AvgIpc) is 2.85. The van der Waals surface area contributed by atoms with E-state index in [4.69, 9.17) is 21.1 Å². The number of benzene rings is 1. The number of furan rings is 1. The molecule has 5 nitrogen and oxygen atoms in total. The normalized spacial score (nSPS) is 10.9. The fraction of sp³-hybridized carbons (Fsp3) is 0.143. The third kappa shape index (κ3) is 3.19. The Kier molecular flexibility index (Phi) is 4.10. The molecule has 0 amide bonds. The standard InChI is InChI=1S/C14H13ClN2O3/c1-17(2)16-8-10-4-6-13(20-10)9-3-5-12(15)11(7-9)14(18)19/h3-8H,1-2H3,(H,18,19). The van der Waals surface area contributed by atoms with Crippen molar-refractivity contribution >= 4 is 23.8 Å². The molecule has 20 heavy (non-hydrogen) atoms. The van der Waals surface area contributed by atoms with Gasteiger partial charge in [-0.05, 0) is 30.3 Å². The van der Waals surface area contributed by atoms with Crippen LogP contribution < -0.4 is 0 Å². The van der Waals surface area contributed by atoms with Gasteiger partial charge in [-0.25, -0.2) is 4.79 Å². The van der Waals surface area contributed by atoms with Crippen LogP contribution in [0.5, 0.6) is 0 Å². The summed E-state index contributed by atoms with van der Waals surface area (Å²) in [6.07, 6.45) is 1.58. The van der Waals surface area contributed by atoms with Crippen LogP contribution in [-0.4, -0.2) is 36.4 Å². The molecular weight excluding hydrogens is 280 g/mol. The van der Waals surface area contributed by atoms with E-state index in [9.17, 15) is 4.79 Å². The van der Waals surface area contributed by atoms with E-state index >= 15 is 0 Å². The second-order valence-electron chi connectivity index (χ2n) is 4.29. The van der Waals surface area contributed by atoms with Crippen LogP contribution in [0.3, 0.4) is 0 Å². The highest BCUT2D eigenvalue weighted by atomic mass is 35.5. The predicted molar refractivity (Wildman–Crippen MR) is 77.4 cm³/mol. The van der Waals surface area contributed by atoms with Gasteiger partial charge in [0.2, 0.25) is 0 Å². The first kappa shape index (κ1) is 14.1. The lowest BCUT2D eigenvalue weighted by Gasteiger charge is -2.02. The van der Waals surface area contributed by atoms with E-state index in [1.165, 1.54) is 12.1 Å². The summed E-state index contributed by atoms with van der Waals surface area (Å²) in [6, 6.07) is 8.25. The van der Waals surface area contributed by atoms with Crippen LogP contribution in [0.25, 0.3) is 11.3 Å². The Bertz CT molecular complexity index is 662. The van der Waals surface area contributed by atoms with Gasteiger partial charge in [0, 0.05) is 19.7 Å². The molecule has 0 aliphatic rings. The van der Waals surface area contributed by atoms with Crippen LogP contribution in [0.2, 0.25) is 5.02 Å². The van der Waals surface area contributed by atoms with E-state index in [0.29, 0.717) is 17.1 Å². The Labute approximate surface area is 121 Å². The Balaban J connectivity index is 2.33. The largest absolute Gasteiger partial charge is 0.478 e. The molecule has 0 bridgehead atoms. The second kappa shape index (κ2) is 5.79. The Hall–Kier alpha value is -2.27. The quantitative estimate of drug-likeness (QED) is 0.694. The molecule has 0 spiro atoms. The molecule has 2 aromatic rings. The summed E-state index contributed by atoms with van der Waals surface area (Å²) in [7, 11) is 3.61. The van der Waals surface area contributed by atoms with Crippen LogP contribution >= 0.6 is 11.6 Å². The van der Waals surface area contributed by atoms with Crippen molar-refractivity contribution in [1.82, 2.24) is 5.01 Å². The summed E-state index contributed by atoms with van der Waals surface area (Å²) in [5.74, 6) is 0.0719. The number of aromatic carboxylic acids is 1. The molecule has 6 heteroatoms. The van der Waals surface area contributed by atoms with Gasteiger partial charge < -0.3 is 14.5 Å². The SMILES string of the molecule is CN(C)N=Cc1ccc(-c2ccc(Cl)c(C(=O)O)c2)o1. The number of nitrogens with zero attached hydrogens (tertiary/aromatic N) is 2. The molecular formula is C14H13ClN2O3. The molecule has 0 saturated carbocycles.